The highest BCUT2D eigenvalue weighted by Crippen LogP contribution is 2.24. The number of carbonyl (C=O) groups is 2. The Balaban J connectivity index is 1.52. The number of aryl methyl sites for hydroxylation is 2. The van der Waals surface area contributed by atoms with E-state index >= 15 is 0 Å². The first-order chi connectivity index (χ1) is 16.6. The number of amides is 1. The number of nitrogens with one attached hydrogen (secondary N) is 1. The number of hydrogen-bond donors (Lipinski definition) is 1. The number of sulfonamides is 1. The average molecular weight is 497 g/mol. The van der Waals surface area contributed by atoms with Gasteiger partial charge in [0.05, 0.1) is 10.6 Å². The minimum Gasteiger partial charge on any atom is -0.482 e. The summed E-state index contributed by atoms with van der Waals surface area (Å²) >= 11 is 0. The largest absolute Gasteiger partial charge is 0.482 e. The fourth-order valence-electron chi connectivity index (χ4n) is 3.07. The summed E-state index contributed by atoms with van der Waals surface area (Å²) in [5.41, 5.74) is 3.07. The Morgan fingerprint density at radius 1 is 0.886 bits per heavy atom. The van der Waals surface area contributed by atoms with E-state index in [4.69, 9.17) is 9.47 Å². The van der Waals surface area contributed by atoms with E-state index in [0.29, 0.717) is 17.1 Å². The lowest BCUT2D eigenvalue weighted by Crippen LogP contribution is -2.31. The molecule has 0 aliphatic carbocycles. The Hall–Kier alpha value is -3.85. The van der Waals surface area contributed by atoms with Crippen LogP contribution in [0, 0.1) is 13.8 Å². The van der Waals surface area contributed by atoms with Crippen molar-refractivity contribution < 1.29 is 27.5 Å². The lowest BCUT2D eigenvalue weighted by molar-refractivity contribution is -0.155. The van der Waals surface area contributed by atoms with E-state index in [2.05, 4.69) is 5.32 Å². The number of hydrogen-bond acceptors (Lipinski definition) is 6. The SMILES string of the molecule is Cc1ccc(NC(=O)[C@@H](C)OC(=O)COc2ccc(N(C)S(=O)(=O)c3ccc(C)cc3)cc2)cc1. The van der Waals surface area contributed by atoms with Gasteiger partial charge < -0.3 is 14.8 Å². The van der Waals surface area contributed by atoms with Crippen LogP contribution in [0.25, 0.3) is 0 Å². The van der Waals surface area contributed by atoms with Crippen LogP contribution in [0.1, 0.15) is 18.1 Å². The quantitative estimate of drug-likeness (QED) is 0.448. The molecule has 0 saturated carbocycles. The molecule has 1 amide bonds. The third-order valence-electron chi connectivity index (χ3n) is 5.23. The molecule has 0 fully saturated rings. The van der Waals surface area contributed by atoms with Gasteiger partial charge in [-0.2, -0.15) is 0 Å². The van der Waals surface area contributed by atoms with Crippen molar-refractivity contribution in [1.29, 1.82) is 0 Å². The molecular formula is C26H28N2O6S. The van der Waals surface area contributed by atoms with Crippen molar-refractivity contribution in [2.45, 2.75) is 31.8 Å². The van der Waals surface area contributed by atoms with Crippen LogP contribution in [0.3, 0.4) is 0 Å². The van der Waals surface area contributed by atoms with E-state index in [9.17, 15) is 18.0 Å². The van der Waals surface area contributed by atoms with Gasteiger partial charge in [0.2, 0.25) is 0 Å². The summed E-state index contributed by atoms with van der Waals surface area (Å²) < 4.78 is 37.4. The van der Waals surface area contributed by atoms with Gasteiger partial charge in [-0.05, 0) is 69.3 Å². The third kappa shape index (κ3) is 6.83. The van der Waals surface area contributed by atoms with E-state index in [1.165, 1.54) is 18.3 Å². The number of anilines is 2. The molecule has 8 nitrogen and oxygen atoms in total. The monoisotopic (exact) mass is 496 g/mol. The highest BCUT2D eigenvalue weighted by atomic mass is 32.2. The summed E-state index contributed by atoms with van der Waals surface area (Å²) in [6.45, 7) is 4.89. The normalized spacial score (nSPS) is 11.9. The predicted octanol–water partition coefficient (Wildman–Crippen LogP) is 4.08. The standard InChI is InChI=1S/C26H28N2O6S/c1-18-5-9-21(10-6-18)27-26(30)20(3)34-25(29)17-33-23-13-11-22(12-14-23)28(4)35(31,32)24-15-7-19(2)8-16-24/h5-16,20H,17H2,1-4H3,(H,27,30)/t20-/m1/s1. The highest BCUT2D eigenvalue weighted by molar-refractivity contribution is 7.92. The second-order valence-electron chi connectivity index (χ2n) is 8.06. The van der Waals surface area contributed by atoms with Gasteiger partial charge in [0, 0.05) is 12.7 Å². The van der Waals surface area contributed by atoms with Gasteiger partial charge in [0.1, 0.15) is 5.75 Å². The lowest BCUT2D eigenvalue weighted by atomic mass is 10.2. The minimum absolute atomic E-state index is 0.189. The summed E-state index contributed by atoms with van der Waals surface area (Å²) in [4.78, 5) is 24.5. The molecule has 3 aromatic carbocycles. The van der Waals surface area contributed by atoms with Gasteiger partial charge in [0.25, 0.3) is 15.9 Å². The molecule has 0 heterocycles. The molecule has 3 aromatic rings. The molecule has 0 radical (unpaired) electrons. The molecule has 0 bridgehead atoms. The molecule has 184 valence electrons. The smallest absolute Gasteiger partial charge is 0.344 e. The van der Waals surface area contributed by atoms with Crippen LogP contribution in [0.2, 0.25) is 0 Å². The Bertz CT molecular complexity index is 1270. The Kier molecular flexibility index (Phi) is 8.14. The van der Waals surface area contributed by atoms with E-state index < -0.39 is 34.6 Å². The summed E-state index contributed by atoms with van der Waals surface area (Å²) in [5, 5.41) is 2.68. The molecule has 0 spiro atoms. The van der Waals surface area contributed by atoms with E-state index in [1.807, 2.05) is 26.0 Å². The molecule has 9 heteroatoms. The van der Waals surface area contributed by atoms with Crippen LogP contribution >= 0.6 is 0 Å². The number of esters is 1. The van der Waals surface area contributed by atoms with E-state index in [1.54, 1.807) is 60.7 Å². The van der Waals surface area contributed by atoms with Crippen molar-refractivity contribution >= 4 is 33.3 Å². The first-order valence-corrected chi connectivity index (χ1v) is 12.4. The summed E-state index contributed by atoms with van der Waals surface area (Å²) in [6.07, 6.45) is -1.00. The van der Waals surface area contributed by atoms with Crippen LogP contribution in [0.15, 0.2) is 77.7 Å². The van der Waals surface area contributed by atoms with Crippen molar-refractivity contribution in [3.05, 3.63) is 83.9 Å². The zero-order valence-corrected chi connectivity index (χ0v) is 20.8. The number of benzene rings is 3. The maximum Gasteiger partial charge on any atom is 0.344 e. The molecule has 1 N–H and O–H groups in total. The van der Waals surface area contributed by atoms with Crippen molar-refractivity contribution in [1.82, 2.24) is 0 Å². The molecule has 3 rings (SSSR count). The maximum absolute atomic E-state index is 12.8. The van der Waals surface area contributed by atoms with Crippen molar-refractivity contribution in [2.75, 3.05) is 23.3 Å². The minimum atomic E-state index is -3.71. The number of nitrogens with zero attached hydrogens (tertiary/aromatic N) is 1. The van der Waals surface area contributed by atoms with Gasteiger partial charge in [-0.1, -0.05) is 35.4 Å². The molecule has 0 saturated heterocycles. The highest BCUT2D eigenvalue weighted by Gasteiger charge is 2.21. The summed E-state index contributed by atoms with van der Waals surface area (Å²) in [7, 11) is -2.25. The van der Waals surface area contributed by atoms with Gasteiger partial charge in [-0.15, -0.1) is 0 Å². The van der Waals surface area contributed by atoms with Crippen LogP contribution in [-0.2, 0) is 24.3 Å². The summed E-state index contributed by atoms with van der Waals surface area (Å²) in [5.74, 6) is -0.812. The van der Waals surface area contributed by atoms with Crippen LogP contribution in [0.4, 0.5) is 11.4 Å². The van der Waals surface area contributed by atoms with Crippen LogP contribution < -0.4 is 14.4 Å². The van der Waals surface area contributed by atoms with Gasteiger partial charge in [0.15, 0.2) is 12.7 Å². The van der Waals surface area contributed by atoms with Gasteiger partial charge >= 0.3 is 5.97 Å². The van der Waals surface area contributed by atoms with Gasteiger partial charge in [-0.25, -0.2) is 13.2 Å². The fraction of sp³-hybridized carbons (Fsp3) is 0.231. The Labute approximate surface area is 205 Å². The predicted molar refractivity (Wildman–Crippen MR) is 134 cm³/mol. The zero-order chi connectivity index (χ0) is 25.6. The van der Waals surface area contributed by atoms with Crippen molar-refractivity contribution in [2.24, 2.45) is 0 Å². The maximum atomic E-state index is 12.8. The molecule has 0 aliphatic heterocycles. The third-order valence-corrected chi connectivity index (χ3v) is 7.03. The van der Waals surface area contributed by atoms with E-state index in [0.717, 1.165) is 11.1 Å². The van der Waals surface area contributed by atoms with Crippen LogP contribution in [0.5, 0.6) is 5.75 Å². The molecule has 0 unspecified atom stereocenters. The van der Waals surface area contributed by atoms with E-state index in [-0.39, 0.29) is 4.90 Å². The number of carbonyl (C=O) groups excluding carboxylic acids is 2. The lowest BCUT2D eigenvalue weighted by Gasteiger charge is -2.20. The Morgan fingerprint density at radius 2 is 1.43 bits per heavy atom. The molecule has 35 heavy (non-hydrogen) atoms. The zero-order valence-electron chi connectivity index (χ0n) is 20.0. The second-order valence-corrected chi connectivity index (χ2v) is 10.0. The second kappa shape index (κ2) is 11.1. The molecule has 0 aromatic heterocycles. The number of rotatable bonds is 9. The first kappa shape index (κ1) is 25.8. The van der Waals surface area contributed by atoms with Crippen molar-refractivity contribution in [3.8, 4) is 5.75 Å². The summed E-state index contributed by atoms with van der Waals surface area (Å²) in [6, 6.07) is 20.1. The Morgan fingerprint density at radius 3 is 2.00 bits per heavy atom. The van der Waals surface area contributed by atoms with Crippen molar-refractivity contribution in [3.63, 3.8) is 0 Å². The first-order valence-electron chi connectivity index (χ1n) is 10.9. The fourth-order valence-corrected chi connectivity index (χ4v) is 4.26. The molecular weight excluding hydrogens is 468 g/mol. The number of ether oxygens (including phenoxy) is 2. The average Bonchev–Trinajstić information content (AvgIpc) is 2.84. The van der Waals surface area contributed by atoms with Crippen LogP contribution in [-0.4, -0.2) is 40.1 Å². The topological polar surface area (TPSA) is 102 Å². The molecule has 0 aliphatic rings. The molecule has 1 atom stereocenters. The van der Waals surface area contributed by atoms with Gasteiger partial charge in [-0.3, -0.25) is 9.10 Å².